The van der Waals surface area contributed by atoms with Crippen LogP contribution in [-0.2, 0) is 47.6 Å². The maximum Gasteiger partial charge on any atom is 0.305 e. The molecule has 0 spiro atoms. The van der Waals surface area contributed by atoms with Crippen molar-refractivity contribution in [3.63, 3.8) is 0 Å². The Morgan fingerprint density at radius 3 is 2.00 bits per heavy atom. The molecule has 0 radical (unpaired) electrons. The third kappa shape index (κ3) is 8.34. The Morgan fingerprint density at radius 2 is 1.45 bits per heavy atom. The number of hydrogen-bond acceptors (Lipinski definition) is 12. The zero-order valence-corrected chi connectivity index (χ0v) is 23.5. The fourth-order valence-electron chi connectivity index (χ4n) is 3.90. The van der Waals surface area contributed by atoms with Gasteiger partial charge < -0.3 is 23.7 Å². The maximum atomic E-state index is 12.8. The molecule has 0 amide bonds. The molecule has 0 saturated carbocycles. The summed E-state index contributed by atoms with van der Waals surface area (Å²) in [6.07, 6.45) is -4.03. The second-order valence-electron chi connectivity index (χ2n) is 8.89. The molecule has 2 aromatic rings. The number of aryl methyl sites for hydroxylation is 1. The molecule has 40 heavy (non-hydrogen) atoms. The van der Waals surface area contributed by atoms with Crippen molar-refractivity contribution in [3.8, 4) is 5.75 Å². The average molecular weight is 578 g/mol. The van der Waals surface area contributed by atoms with Crippen molar-refractivity contribution < 1.29 is 50.7 Å². The minimum absolute atomic E-state index is 0.104. The van der Waals surface area contributed by atoms with Crippen molar-refractivity contribution >= 4 is 34.2 Å². The number of benzene rings is 2. The predicted octanol–water partition coefficient (Wildman–Crippen LogP) is 2.35. The van der Waals surface area contributed by atoms with Gasteiger partial charge in [0.05, 0.1) is 18.6 Å². The number of hydrogen-bond donors (Lipinski definition) is 0. The van der Waals surface area contributed by atoms with E-state index in [9.17, 15) is 22.8 Å². The monoisotopic (exact) mass is 577 g/mol. The van der Waals surface area contributed by atoms with E-state index in [1.165, 1.54) is 25.5 Å². The molecule has 1 aliphatic rings. The molecule has 2 aromatic carbocycles. The summed E-state index contributed by atoms with van der Waals surface area (Å²) in [6, 6.07) is 11.6. The van der Waals surface area contributed by atoms with Crippen molar-refractivity contribution in [3.05, 3.63) is 59.7 Å². The Hall–Kier alpha value is -3.81. The first-order chi connectivity index (χ1) is 18.9. The van der Waals surface area contributed by atoms with Crippen molar-refractivity contribution in [2.45, 2.75) is 63.2 Å². The Balaban J connectivity index is 1.96. The minimum Gasteiger partial charge on any atom is -0.497 e. The lowest BCUT2D eigenvalue weighted by molar-refractivity contribution is -0.264. The molecule has 0 N–H and O–H groups in total. The van der Waals surface area contributed by atoms with Gasteiger partial charge in [0.25, 0.3) is 10.1 Å². The molecule has 1 heterocycles. The fraction of sp³-hybridized carbons (Fsp3) is 0.407. The molecule has 3 rings (SSSR count). The standard InChI is InChI=1S/C27H31NO11S/c1-16-6-12-22(13-7-16)40(32,33)35-15-23-25(36-17(2)29)26(37-18(3)30)24(27(39-23)38-19(4)31)28-14-20-8-10-21(34-5)11-9-20/h6-14,23-27H,15H2,1-5H3/t23-,24+,25+,26+,27+/m1/s1. The molecule has 0 aliphatic carbocycles. The number of carbonyl (C=O) groups is 3. The highest BCUT2D eigenvalue weighted by atomic mass is 32.2. The van der Waals surface area contributed by atoms with Crippen LogP contribution in [0.4, 0.5) is 0 Å². The van der Waals surface area contributed by atoms with Gasteiger partial charge in [-0.1, -0.05) is 17.7 Å². The fourth-order valence-corrected chi connectivity index (χ4v) is 4.81. The van der Waals surface area contributed by atoms with E-state index in [2.05, 4.69) is 4.99 Å². The topological polar surface area (TPSA) is 153 Å². The van der Waals surface area contributed by atoms with Gasteiger partial charge in [-0.05, 0) is 48.9 Å². The van der Waals surface area contributed by atoms with E-state index in [4.69, 9.17) is 27.9 Å². The van der Waals surface area contributed by atoms with Gasteiger partial charge in [-0.2, -0.15) is 8.42 Å². The quantitative estimate of drug-likeness (QED) is 0.177. The number of esters is 3. The summed E-state index contributed by atoms with van der Waals surface area (Å²) in [7, 11) is -2.73. The van der Waals surface area contributed by atoms with Gasteiger partial charge in [0, 0.05) is 27.0 Å². The summed E-state index contributed by atoms with van der Waals surface area (Å²) in [5.41, 5.74) is 1.47. The van der Waals surface area contributed by atoms with Crippen LogP contribution in [0.15, 0.2) is 58.4 Å². The van der Waals surface area contributed by atoms with Crippen molar-refractivity contribution in [1.29, 1.82) is 0 Å². The normalized spacial score (nSPS) is 22.9. The van der Waals surface area contributed by atoms with Gasteiger partial charge >= 0.3 is 17.9 Å². The molecule has 0 aromatic heterocycles. The third-order valence-electron chi connectivity index (χ3n) is 5.71. The molecule has 216 valence electrons. The molecule has 0 unspecified atom stereocenters. The lowest BCUT2D eigenvalue weighted by Crippen LogP contribution is -2.61. The molecular weight excluding hydrogens is 546 g/mol. The van der Waals surface area contributed by atoms with Crippen LogP contribution in [0, 0.1) is 6.92 Å². The average Bonchev–Trinajstić information content (AvgIpc) is 2.88. The third-order valence-corrected chi connectivity index (χ3v) is 7.01. The molecule has 13 heteroatoms. The summed E-state index contributed by atoms with van der Waals surface area (Å²) >= 11 is 0. The summed E-state index contributed by atoms with van der Waals surface area (Å²) in [5, 5.41) is 0. The van der Waals surface area contributed by atoms with Gasteiger partial charge in [-0.3, -0.25) is 23.6 Å². The minimum atomic E-state index is -4.25. The van der Waals surface area contributed by atoms with Gasteiger partial charge in [0.2, 0.25) is 6.29 Å². The lowest BCUT2D eigenvalue weighted by atomic mass is 9.96. The summed E-state index contributed by atoms with van der Waals surface area (Å²) < 4.78 is 58.1. The van der Waals surface area contributed by atoms with Crippen LogP contribution in [0.5, 0.6) is 5.75 Å². The van der Waals surface area contributed by atoms with Crippen LogP contribution >= 0.6 is 0 Å². The summed E-state index contributed by atoms with van der Waals surface area (Å²) in [5.74, 6) is -1.63. The van der Waals surface area contributed by atoms with E-state index >= 15 is 0 Å². The molecule has 12 nitrogen and oxygen atoms in total. The Bertz CT molecular complexity index is 1320. The molecular formula is C27H31NO11S. The van der Waals surface area contributed by atoms with Crippen LogP contribution in [0.25, 0.3) is 0 Å². The van der Waals surface area contributed by atoms with E-state index in [0.717, 1.165) is 26.3 Å². The van der Waals surface area contributed by atoms with E-state index in [0.29, 0.717) is 11.3 Å². The number of nitrogens with zero attached hydrogens (tertiary/aromatic N) is 1. The summed E-state index contributed by atoms with van der Waals surface area (Å²) in [6.45, 7) is 4.55. The number of carbonyl (C=O) groups excluding carboxylic acids is 3. The number of rotatable bonds is 10. The van der Waals surface area contributed by atoms with Crippen LogP contribution in [0.1, 0.15) is 31.9 Å². The lowest BCUT2D eigenvalue weighted by Gasteiger charge is -2.43. The van der Waals surface area contributed by atoms with E-state index in [-0.39, 0.29) is 4.90 Å². The molecule has 1 saturated heterocycles. The number of ether oxygens (including phenoxy) is 5. The van der Waals surface area contributed by atoms with E-state index in [1.807, 2.05) is 0 Å². The Kier molecular flexibility index (Phi) is 10.4. The SMILES string of the molecule is COc1ccc(C=N[C@@H]2[C@@H](OC(C)=O)O[C@H](COS(=O)(=O)c3ccc(C)cc3)[C@H](OC(C)=O)[C@H]2OC(C)=O)cc1. The van der Waals surface area contributed by atoms with Crippen LogP contribution in [-0.4, -0.2) is 76.9 Å². The zero-order valence-electron chi connectivity index (χ0n) is 22.6. The smallest absolute Gasteiger partial charge is 0.305 e. The van der Waals surface area contributed by atoms with Crippen LogP contribution < -0.4 is 4.74 Å². The second-order valence-corrected chi connectivity index (χ2v) is 10.5. The second kappa shape index (κ2) is 13.5. The van der Waals surface area contributed by atoms with Crippen LogP contribution in [0.2, 0.25) is 0 Å². The first kappa shape index (κ1) is 30.7. The molecule has 5 atom stereocenters. The highest BCUT2D eigenvalue weighted by Crippen LogP contribution is 2.30. The van der Waals surface area contributed by atoms with E-state index in [1.54, 1.807) is 43.3 Å². The van der Waals surface area contributed by atoms with Crippen molar-refractivity contribution in [1.82, 2.24) is 0 Å². The van der Waals surface area contributed by atoms with Gasteiger partial charge in [-0.15, -0.1) is 0 Å². The predicted molar refractivity (Wildman–Crippen MR) is 140 cm³/mol. The molecule has 1 fully saturated rings. The van der Waals surface area contributed by atoms with Gasteiger partial charge in [-0.25, -0.2) is 0 Å². The highest BCUT2D eigenvalue weighted by molar-refractivity contribution is 7.86. The van der Waals surface area contributed by atoms with Crippen LogP contribution in [0.3, 0.4) is 0 Å². The zero-order chi connectivity index (χ0) is 29.4. The number of aliphatic imine (C=N–C) groups is 1. The first-order valence-electron chi connectivity index (χ1n) is 12.2. The highest BCUT2D eigenvalue weighted by Gasteiger charge is 2.51. The van der Waals surface area contributed by atoms with Gasteiger partial charge in [0.1, 0.15) is 11.9 Å². The van der Waals surface area contributed by atoms with Gasteiger partial charge in [0.15, 0.2) is 18.2 Å². The van der Waals surface area contributed by atoms with Crippen molar-refractivity contribution in [2.75, 3.05) is 13.7 Å². The molecule has 0 bridgehead atoms. The molecule has 1 aliphatic heterocycles. The Labute approximate surface area is 232 Å². The summed E-state index contributed by atoms with van der Waals surface area (Å²) in [4.78, 5) is 40.4. The van der Waals surface area contributed by atoms with Crippen molar-refractivity contribution in [2.24, 2.45) is 4.99 Å². The number of methoxy groups -OCH3 is 1. The van der Waals surface area contributed by atoms with E-state index < -0.39 is 65.3 Å². The Morgan fingerprint density at radius 1 is 0.875 bits per heavy atom. The first-order valence-corrected chi connectivity index (χ1v) is 13.6. The largest absolute Gasteiger partial charge is 0.497 e. The maximum absolute atomic E-state index is 12.8.